The van der Waals surface area contributed by atoms with Gasteiger partial charge in [0.25, 0.3) is 5.91 Å². The van der Waals surface area contributed by atoms with Gasteiger partial charge in [-0.25, -0.2) is 18.7 Å². The highest BCUT2D eigenvalue weighted by atomic mass is 32.1. The van der Waals surface area contributed by atoms with Crippen LogP contribution in [0.5, 0.6) is 0 Å². The molecular formula is C22H20F2N6OS. The number of fused-ring (bicyclic) bond motifs is 1. The highest BCUT2D eigenvalue weighted by molar-refractivity contribution is 7.13. The minimum Gasteiger partial charge on any atom is -0.368 e. The average molecular weight is 455 g/mol. The minimum absolute atomic E-state index is 0.0474. The van der Waals surface area contributed by atoms with E-state index in [1.54, 1.807) is 12.4 Å². The fraction of sp³-hybridized carbons (Fsp3) is 0.227. The lowest BCUT2D eigenvalue weighted by Gasteiger charge is -2.34. The van der Waals surface area contributed by atoms with Crippen LogP contribution in [0.4, 0.5) is 20.2 Å². The maximum Gasteiger partial charge on any atom is 0.275 e. The number of pyridine rings is 1. The third-order valence-corrected chi connectivity index (χ3v) is 6.35. The number of aromatic nitrogens is 3. The number of hydrogen-bond acceptors (Lipinski definition) is 6. The van der Waals surface area contributed by atoms with Gasteiger partial charge in [0.05, 0.1) is 23.1 Å². The number of amides is 1. The number of thiazole rings is 1. The van der Waals surface area contributed by atoms with E-state index in [0.717, 1.165) is 53.9 Å². The van der Waals surface area contributed by atoms with E-state index >= 15 is 0 Å². The van der Waals surface area contributed by atoms with Crippen molar-refractivity contribution in [1.82, 2.24) is 15.0 Å². The van der Waals surface area contributed by atoms with E-state index in [1.165, 1.54) is 11.4 Å². The molecule has 0 unspecified atom stereocenters. The summed E-state index contributed by atoms with van der Waals surface area (Å²) in [7, 11) is 0. The number of rotatable bonds is 4. The van der Waals surface area contributed by atoms with Crippen molar-refractivity contribution in [1.29, 1.82) is 0 Å². The summed E-state index contributed by atoms with van der Waals surface area (Å²) in [6.07, 6.45) is 5.29. The van der Waals surface area contributed by atoms with Crippen LogP contribution in [0.3, 0.4) is 0 Å². The standard InChI is InChI=1S/C22H20F2N6OS/c23-14-4-1-5-15(24)18(14)22-29-17(11-32-22)21(31)28-16-9-27-20-13(6-7-26-20)19(16)30-8-2-3-12(25)10-30/h1,4-7,9,11-12H,2-3,8,10,25H2,(H,26,27)(H,28,31)/t12-/m0/s1. The van der Waals surface area contributed by atoms with Crippen LogP contribution in [0.2, 0.25) is 0 Å². The molecule has 0 radical (unpaired) electrons. The van der Waals surface area contributed by atoms with E-state index in [0.29, 0.717) is 17.9 Å². The molecule has 1 amide bonds. The summed E-state index contributed by atoms with van der Waals surface area (Å²) in [6.45, 7) is 1.48. The highest BCUT2D eigenvalue weighted by Crippen LogP contribution is 2.35. The van der Waals surface area contributed by atoms with Crippen molar-refractivity contribution >= 4 is 39.7 Å². The van der Waals surface area contributed by atoms with E-state index in [-0.39, 0.29) is 22.3 Å². The first-order valence-corrected chi connectivity index (χ1v) is 11.1. The molecule has 0 spiro atoms. The number of nitrogens with one attached hydrogen (secondary N) is 2. The second kappa shape index (κ2) is 8.29. The molecule has 7 nitrogen and oxygen atoms in total. The maximum absolute atomic E-state index is 14.1. The van der Waals surface area contributed by atoms with Crippen LogP contribution in [0.15, 0.2) is 42.0 Å². The normalized spacial score (nSPS) is 16.5. The molecule has 1 atom stereocenters. The second-order valence-electron chi connectivity index (χ2n) is 7.70. The Bertz CT molecular complexity index is 1280. The first-order valence-electron chi connectivity index (χ1n) is 10.2. The molecule has 4 N–H and O–H groups in total. The van der Waals surface area contributed by atoms with Crippen molar-refractivity contribution in [3.8, 4) is 10.6 Å². The van der Waals surface area contributed by atoms with Crippen molar-refractivity contribution in [2.45, 2.75) is 18.9 Å². The Labute approximate surface area is 186 Å². The molecule has 10 heteroatoms. The number of nitrogens with zero attached hydrogens (tertiary/aromatic N) is 3. The van der Waals surface area contributed by atoms with Gasteiger partial charge in [-0.1, -0.05) is 6.07 Å². The summed E-state index contributed by atoms with van der Waals surface area (Å²) >= 11 is 1.01. The fourth-order valence-corrected chi connectivity index (χ4v) is 4.87. The van der Waals surface area contributed by atoms with Gasteiger partial charge in [0.1, 0.15) is 28.0 Å². The van der Waals surface area contributed by atoms with Crippen molar-refractivity contribution in [2.24, 2.45) is 5.73 Å². The number of piperidine rings is 1. The molecule has 0 saturated carbocycles. The van der Waals surface area contributed by atoms with Gasteiger partial charge in [-0.2, -0.15) is 0 Å². The monoisotopic (exact) mass is 454 g/mol. The Kier molecular flexibility index (Phi) is 5.32. The second-order valence-corrected chi connectivity index (χ2v) is 8.56. The lowest BCUT2D eigenvalue weighted by molar-refractivity contribution is 0.102. The first-order chi connectivity index (χ1) is 15.5. The molecule has 5 rings (SSSR count). The third-order valence-electron chi connectivity index (χ3n) is 5.49. The van der Waals surface area contributed by atoms with Gasteiger partial charge in [-0.3, -0.25) is 4.79 Å². The van der Waals surface area contributed by atoms with Crippen LogP contribution in [-0.2, 0) is 0 Å². The largest absolute Gasteiger partial charge is 0.368 e. The van der Waals surface area contributed by atoms with Gasteiger partial charge in [0.2, 0.25) is 0 Å². The summed E-state index contributed by atoms with van der Waals surface area (Å²) in [5, 5.41) is 5.34. The van der Waals surface area contributed by atoms with E-state index in [1.807, 2.05) is 6.07 Å². The first kappa shape index (κ1) is 20.5. The zero-order chi connectivity index (χ0) is 22.2. The number of hydrogen-bond donors (Lipinski definition) is 3. The molecule has 1 aliphatic rings. The Hall–Kier alpha value is -3.37. The lowest BCUT2D eigenvalue weighted by Crippen LogP contribution is -2.43. The number of halogens is 2. The molecule has 164 valence electrons. The summed E-state index contributed by atoms with van der Waals surface area (Å²) in [5.41, 5.74) is 8.10. The van der Waals surface area contributed by atoms with Gasteiger partial charge < -0.3 is 20.9 Å². The molecule has 1 aromatic carbocycles. The van der Waals surface area contributed by atoms with Gasteiger partial charge in [0.15, 0.2) is 0 Å². The van der Waals surface area contributed by atoms with Crippen molar-refractivity contribution in [2.75, 3.05) is 23.3 Å². The number of carbonyl (C=O) groups is 1. The van der Waals surface area contributed by atoms with Gasteiger partial charge >= 0.3 is 0 Å². The summed E-state index contributed by atoms with van der Waals surface area (Å²) in [6, 6.07) is 5.56. The lowest BCUT2D eigenvalue weighted by atomic mass is 10.0. The van der Waals surface area contributed by atoms with Crippen LogP contribution < -0.4 is 16.0 Å². The Morgan fingerprint density at radius 1 is 1.28 bits per heavy atom. The Morgan fingerprint density at radius 3 is 2.88 bits per heavy atom. The van der Waals surface area contributed by atoms with Crippen LogP contribution >= 0.6 is 11.3 Å². The molecule has 1 fully saturated rings. The number of H-pyrrole nitrogens is 1. The van der Waals surface area contributed by atoms with E-state index in [9.17, 15) is 13.6 Å². The quantitative estimate of drug-likeness (QED) is 0.430. The molecule has 1 saturated heterocycles. The number of aromatic amines is 1. The van der Waals surface area contributed by atoms with Crippen molar-refractivity contribution < 1.29 is 13.6 Å². The van der Waals surface area contributed by atoms with Crippen LogP contribution in [0.1, 0.15) is 23.3 Å². The fourth-order valence-electron chi connectivity index (χ4n) is 4.02. The van der Waals surface area contributed by atoms with Crippen molar-refractivity contribution in [3.05, 3.63) is 59.4 Å². The van der Waals surface area contributed by atoms with Crippen LogP contribution in [-0.4, -0.2) is 40.0 Å². The van der Waals surface area contributed by atoms with Gasteiger partial charge in [-0.05, 0) is 31.0 Å². The Morgan fingerprint density at radius 2 is 2.09 bits per heavy atom. The molecule has 3 aromatic heterocycles. The molecule has 32 heavy (non-hydrogen) atoms. The predicted molar refractivity (Wildman–Crippen MR) is 121 cm³/mol. The van der Waals surface area contributed by atoms with Crippen LogP contribution in [0, 0.1) is 11.6 Å². The molecule has 0 bridgehead atoms. The predicted octanol–water partition coefficient (Wildman–Crippen LogP) is 4.14. The summed E-state index contributed by atoms with van der Waals surface area (Å²) in [5.74, 6) is -1.93. The van der Waals surface area contributed by atoms with E-state index < -0.39 is 17.5 Å². The van der Waals surface area contributed by atoms with Crippen LogP contribution in [0.25, 0.3) is 21.6 Å². The zero-order valence-corrected chi connectivity index (χ0v) is 17.8. The number of benzene rings is 1. The molecule has 0 aliphatic carbocycles. The van der Waals surface area contributed by atoms with Gasteiger partial charge in [-0.15, -0.1) is 11.3 Å². The highest BCUT2D eigenvalue weighted by Gasteiger charge is 2.24. The molecule has 4 heterocycles. The minimum atomic E-state index is -0.725. The van der Waals surface area contributed by atoms with Gasteiger partial charge in [0, 0.05) is 36.1 Å². The average Bonchev–Trinajstić information content (AvgIpc) is 3.43. The number of anilines is 2. The van der Waals surface area contributed by atoms with E-state index in [2.05, 4.69) is 25.2 Å². The number of carbonyl (C=O) groups excluding carboxylic acids is 1. The number of nitrogens with two attached hydrogens (primary N) is 1. The van der Waals surface area contributed by atoms with E-state index in [4.69, 9.17) is 5.73 Å². The zero-order valence-electron chi connectivity index (χ0n) is 16.9. The van der Waals surface area contributed by atoms with Crippen molar-refractivity contribution in [3.63, 3.8) is 0 Å². The maximum atomic E-state index is 14.1. The summed E-state index contributed by atoms with van der Waals surface area (Å²) in [4.78, 5) is 26.8. The molecular weight excluding hydrogens is 434 g/mol. The SMILES string of the molecule is N[C@H]1CCCN(c2c(NC(=O)c3csc(-c4c(F)cccc4F)n3)cnc3[nH]ccc23)C1. The topological polar surface area (TPSA) is 99.9 Å². The molecule has 1 aliphatic heterocycles. The Balaban J connectivity index is 1.47. The third kappa shape index (κ3) is 3.71. The smallest absolute Gasteiger partial charge is 0.275 e. The summed E-state index contributed by atoms with van der Waals surface area (Å²) < 4.78 is 28.2. The molecule has 4 aromatic rings.